The summed E-state index contributed by atoms with van der Waals surface area (Å²) >= 11 is 0. The van der Waals surface area contributed by atoms with Gasteiger partial charge in [-0.3, -0.25) is 23.7 Å². The summed E-state index contributed by atoms with van der Waals surface area (Å²) in [6, 6.07) is -3.38. The molecule has 13 atom stereocenters. The number of aliphatic hydroxyl groups excluding tert-OH is 6. The second kappa shape index (κ2) is 59.7. The molecule has 9 unspecified atom stereocenters. The van der Waals surface area contributed by atoms with Crippen LogP contribution in [0.1, 0.15) is 369 Å². The fraction of sp³-hybridized carbons (Fsp3) is 0.949. The Balaban J connectivity index is 2.29. The number of phosphoric ester groups is 1. The summed E-state index contributed by atoms with van der Waals surface area (Å²) < 4.78 is 47.6. The maximum absolute atomic E-state index is 14.2. The Morgan fingerprint density at radius 1 is 0.430 bits per heavy atom. The first-order valence-electron chi connectivity index (χ1n) is 40.7. The Bertz CT molecular complexity index is 2060. The Kier molecular flexibility index (Phi) is 56.0. The van der Waals surface area contributed by atoms with Gasteiger partial charge in [-0.1, -0.05) is 311 Å². The molecule has 2 aliphatic heterocycles. The highest BCUT2D eigenvalue weighted by Crippen LogP contribution is 2.42. The van der Waals surface area contributed by atoms with Crippen LogP contribution in [0, 0.1) is 11.8 Å². The van der Waals surface area contributed by atoms with E-state index >= 15 is 0 Å². The normalized spacial score (nSPS) is 22.1. The number of carbonyl (C=O) groups excluding carboxylic acids is 4. The largest absolute Gasteiger partial charge is 0.472 e. The maximum Gasteiger partial charge on any atom is 0.472 e. The van der Waals surface area contributed by atoms with Crippen molar-refractivity contribution in [2.75, 3.05) is 13.2 Å². The number of unbranched alkanes of at least 4 members (excludes halogenated alkanes) is 38. The van der Waals surface area contributed by atoms with Crippen molar-refractivity contribution in [1.29, 1.82) is 0 Å². The van der Waals surface area contributed by atoms with Crippen LogP contribution in [-0.4, -0.2) is 157 Å². The lowest BCUT2D eigenvalue weighted by atomic mass is 9.95. The lowest BCUT2D eigenvalue weighted by Crippen LogP contribution is -2.67. The molecular formula is C78H149N2O19P. The number of nitrogens with one attached hydrogen (secondary N) is 2. The number of hydrogen-bond donors (Lipinski definition) is 10. The van der Waals surface area contributed by atoms with Gasteiger partial charge in [-0.2, -0.15) is 0 Å². The molecule has 2 aliphatic rings. The average Bonchev–Trinajstić information content (AvgIpc) is 0.792. The molecule has 2 saturated heterocycles. The molecule has 100 heavy (non-hydrogen) atoms. The van der Waals surface area contributed by atoms with Crippen LogP contribution in [0.4, 0.5) is 0 Å². The van der Waals surface area contributed by atoms with E-state index in [-0.39, 0.29) is 25.7 Å². The van der Waals surface area contributed by atoms with E-state index in [9.17, 15) is 64.2 Å². The molecule has 0 aromatic carbocycles. The summed E-state index contributed by atoms with van der Waals surface area (Å²) in [7, 11) is -5.52. The van der Waals surface area contributed by atoms with Crippen molar-refractivity contribution in [3.05, 3.63) is 0 Å². The quantitative estimate of drug-likeness (QED) is 0.0154. The molecule has 0 radical (unpaired) electrons. The Morgan fingerprint density at radius 2 is 0.800 bits per heavy atom. The first-order valence-corrected chi connectivity index (χ1v) is 42.3. The molecule has 21 nitrogen and oxygen atoms in total. The van der Waals surface area contributed by atoms with Gasteiger partial charge in [0, 0.05) is 6.42 Å². The fourth-order valence-corrected chi connectivity index (χ4v) is 14.2. The summed E-state index contributed by atoms with van der Waals surface area (Å²) in [5, 5.41) is 72.5. The van der Waals surface area contributed by atoms with E-state index in [1.165, 1.54) is 161 Å². The molecule has 0 aromatic heterocycles. The molecule has 2 amide bonds. The van der Waals surface area contributed by atoms with Crippen LogP contribution in [0.15, 0.2) is 0 Å². The van der Waals surface area contributed by atoms with Gasteiger partial charge in [0.25, 0.3) is 0 Å². The van der Waals surface area contributed by atoms with Gasteiger partial charge < -0.3 is 74.7 Å². The predicted molar refractivity (Wildman–Crippen MR) is 394 cm³/mol. The van der Waals surface area contributed by atoms with E-state index in [4.69, 9.17) is 28.2 Å². The number of aliphatic hydroxyl groups is 6. The lowest BCUT2D eigenvalue weighted by molar-refractivity contribution is -0.297. The number of carbonyl (C=O) groups is 4. The summed E-state index contributed by atoms with van der Waals surface area (Å²) in [6.07, 6.45) is 30.8. The van der Waals surface area contributed by atoms with E-state index in [0.717, 1.165) is 96.3 Å². The van der Waals surface area contributed by atoms with Crippen molar-refractivity contribution in [3.8, 4) is 0 Å². The minimum Gasteiger partial charge on any atom is -0.462 e. The van der Waals surface area contributed by atoms with Crippen LogP contribution in [0.5, 0.6) is 0 Å². The molecule has 0 spiro atoms. The molecule has 10 N–H and O–H groups in total. The lowest BCUT2D eigenvalue weighted by Gasteiger charge is -2.45. The van der Waals surface area contributed by atoms with Crippen LogP contribution < -0.4 is 10.6 Å². The van der Waals surface area contributed by atoms with Gasteiger partial charge in [-0.05, 0) is 43.9 Å². The van der Waals surface area contributed by atoms with Crippen LogP contribution >= 0.6 is 7.82 Å². The first kappa shape index (κ1) is 93.7. The minimum absolute atomic E-state index is 0.193. The molecule has 2 heterocycles. The number of phosphoric acid groups is 1. The Labute approximate surface area is 605 Å². The molecule has 0 aliphatic carbocycles. The van der Waals surface area contributed by atoms with Gasteiger partial charge in [0.15, 0.2) is 18.7 Å². The van der Waals surface area contributed by atoms with Crippen molar-refractivity contribution in [2.24, 2.45) is 11.8 Å². The van der Waals surface area contributed by atoms with Crippen molar-refractivity contribution >= 4 is 31.6 Å². The highest BCUT2D eigenvalue weighted by molar-refractivity contribution is 7.46. The van der Waals surface area contributed by atoms with E-state index in [1.54, 1.807) is 0 Å². The average molecular weight is 1450 g/mol. The van der Waals surface area contributed by atoms with E-state index in [2.05, 4.69) is 52.2 Å². The first-order chi connectivity index (χ1) is 48.1. The monoisotopic (exact) mass is 1450 g/mol. The van der Waals surface area contributed by atoms with E-state index in [1.807, 2.05) is 0 Å². The summed E-state index contributed by atoms with van der Waals surface area (Å²) in [5.74, 6) is -1.55. The highest BCUT2D eigenvalue weighted by Gasteiger charge is 2.52. The number of hydrogen-bond acceptors (Lipinski definition) is 17. The summed E-state index contributed by atoms with van der Waals surface area (Å²) in [4.78, 5) is 75.7. The van der Waals surface area contributed by atoms with Crippen LogP contribution in [-0.2, 0) is 52.0 Å². The number of rotatable bonds is 66. The van der Waals surface area contributed by atoms with Crippen LogP contribution in [0.25, 0.3) is 0 Å². The van der Waals surface area contributed by atoms with Gasteiger partial charge in [-0.15, -0.1) is 0 Å². The molecule has 2 rings (SSSR count). The number of amides is 2. The number of ether oxygens (including phenoxy) is 5. The third-order valence-corrected chi connectivity index (χ3v) is 20.4. The molecule has 22 heteroatoms. The second-order valence-electron chi connectivity index (χ2n) is 30.5. The zero-order valence-corrected chi connectivity index (χ0v) is 64.5. The SMILES string of the molecule is CCCCCCCCCCCCCCCC(=O)OC(CCCCCCCCCCCC(C)C)CC(=O)NC1C(O)[C@H](O)C(CO)O[C@H]1OCC1O[C@H](OP(=O)(O)O)C(NC(=O)CC(O)CCCCCCCCCCCC(C)C)C(OC(=O)CC(O)CCCCCCCCCCCCC)[C@@H]1O. The third-order valence-electron chi connectivity index (χ3n) is 19.9. The highest BCUT2D eigenvalue weighted by atomic mass is 31.2. The van der Waals surface area contributed by atoms with Crippen molar-refractivity contribution in [3.63, 3.8) is 0 Å². The molecule has 2 fully saturated rings. The van der Waals surface area contributed by atoms with Gasteiger partial charge >= 0.3 is 19.8 Å². The van der Waals surface area contributed by atoms with Gasteiger partial charge in [-0.25, -0.2) is 4.57 Å². The minimum atomic E-state index is -5.52. The topological polar surface area (TPSA) is 327 Å². The summed E-state index contributed by atoms with van der Waals surface area (Å²) in [5.41, 5.74) is 0. The van der Waals surface area contributed by atoms with E-state index < -0.39 is 137 Å². The van der Waals surface area contributed by atoms with Crippen LogP contribution in [0.3, 0.4) is 0 Å². The summed E-state index contributed by atoms with van der Waals surface area (Å²) in [6.45, 7) is 11.8. The van der Waals surface area contributed by atoms with Gasteiger partial charge in [0.2, 0.25) is 11.8 Å². The molecule has 0 aromatic rings. The standard InChI is InChI=1S/C78H149N2O19P/c1-7-9-11-13-15-17-19-20-22-30-36-42-48-54-69(86)95-64(53-47-41-35-29-24-26-32-38-44-50-61(5)6)57-68(85)79-71-75(90)73(88)65(58-81)96-77(71)94-59-66-74(89)76(98-70(87)56-63(83)52-46-40-34-27-21-18-16-14-12-10-8-2)72(78(97-66)99-100(91,92)93)80-67(84)55-62(82)51-45-39-33-28-23-25-31-37-43-49-60(3)4/h60-66,71-78,81-83,88-90H,7-59H2,1-6H3,(H,79,85)(H,80,84)(H2,91,92,93)/t62?,63?,64?,65?,66?,71?,72?,73-,74-,75?,76?,77-,78-/m1/s1. The van der Waals surface area contributed by atoms with Gasteiger partial charge in [0.05, 0.1) is 44.7 Å². The molecule has 590 valence electrons. The van der Waals surface area contributed by atoms with Crippen molar-refractivity contribution in [2.45, 2.75) is 449 Å². The maximum atomic E-state index is 14.2. The van der Waals surface area contributed by atoms with E-state index in [0.29, 0.717) is 43.9 Å². The zero-order chi connectivity index (χ0) is 73.6. The fourth-order valence-electron chi connectivity index (χ4n) is 13.8. The molecule has 0 saturated carbocycles. The zero-order valence-electron chi connectivity index (χ0n) is 63.7. The molecular weight excluding hydrogens is 1300 g/mol. The van der Waals surface area contributed by atoms with Crippen LogP contribution in [0.2, 0.25) is 0 Å². The second-order valence-corrected chi connectivity index (χ2v) is 31.7. The van der Waals surface area contributed by atoms with Crippen molar-refractivity contribution < 1.29 is 92.4 Å². The molecule has 0 bridgehead atoms. The Morgan fingerprint density at radius 3 is 1.22 bits per heavy atom. The van der Waals surface area contributed by atoms with Crippen molar-refractivity contribution in [1.82, 2.24) is 10.6 Å². The predicted octanol–water partition coefficient (Wildman–Crippen LogP) is 15.4. The van der Waals surface area contributed by atoms with Gasteiger partial charge in [0.1, 0.15) is 48.7 Å². The third kappa shape index (κ3) is 48.0. The Hall–Kier alpha value is -2.37. The number of esters is 2. The smallest absolute Gasteiger partial charge is 0.462 e.